The van der Waals surface area contributed by atoms with Gasteiger partial charge in [-0.05, 0) is 44.2 Å². The lowest BCUT2D eigenvalue weighted by Gasteiger charge is -2.56. The summed E-state index contributed by atoms with van der Waals surface area (Å²) >= 11 is 5.65. The van der Waals surface area contributed by atoms with Crippen LogP contribution >= 0.6 is 11.6 Å². The van der Waals surface area contributed by atoms with Gasteiger partial charge in [0, 0.05) is 23.7 Å². The SMILES string of the molecule is O=C(COc1ccc(Cl)c(F)c1)NC12CCC(NCc3nc4cc(F)c(F)cc4[nH]3)(CC1)CC2O. The lowest BCUT2D eigenvalue weighted by atomic mass is 9.60. The molecule has 1 amide bonds. The number of carbonyl (C=O) groups excluding carboxylic acids is 1. The quantitative estimate of drug-likeness (QED) is 0.390. The third-order valence-corrected chi connectivity index (χ3v) is 7.48. The minimum Gasteiger partial charge on any atom is -0.484 e. The Morgan fingerprint density at radius 3 is 2.60 bits per heavy atom. The normalized spacial score (nSPS) is 25.7. The molecule has 3 fully saturated rings. The van der Waals surface area contributed by atoms with Gasteiger partial charge in [-0.25, -0.2) is 18.2 Å². The molecule has 0 saturated heterocycles. The molecule has 3 aliphatic carbocycles. The molecule has 3 saturated carbocycles. The Morgan fingerprint density at radius 1 is 1.14 bits per heavy atom. The van der Waals surface area contributed by atoms with Crippen molar-refractivity contribution in [1.29, 1.82) is 0 Å². The smallest absolute Gasteiger partial charge is 0.258 e. The number of benzene rings is 2. The van der Waals surface area contributed by atoms with Gasteiger partial charge < -0.3 is 25.5 Å². The Kier molecular flexibility index (Phi) is 6.14. The van der Waals surface area contributed by atoms with Gasteiger partial charge in [-0.2, -0.15) is 0 Å². The van der Waals surface area contributed by atoms with Crippen LogP contribution in [0.3, 0.4) is 0 Å². The van der Waals surface area contributed by atoms with Crippen molar-refractivity contribution in [1.82, 2.24) is 20.6 Å². The third-order valence-electron chi connectivity index (χ3n) is 7.17. The minimum atomic E-state index is -0.950. The van der Waals surface area contributed by atoms with E-state index in [2.05, 4.69) is 20.6 Å². The summed E-state index contributed by atoms with van der Waals surface area (Å²) in [5.74, 6) is -2.19. The van der Waals surface area contributed by atoms with Crippen molar-refractivity contribution in [3.05, 3.63) is 58.6 Å². The van der Waals surface area contributed by atoms with Crippen molar-refractivity contribution in [3.63, 3.8) is 0 Å². The van der Waals surface area contributed by atoms with Gasteiger partial charge in [0.05, 0.1) is 34.2 Å². The number of imidazole rings is 1. The highest BCUT2D eigenvalue weighted by Crippen LogP contribution is 2.47. The first kappa shape index (κ1) is 23.9. The number of aliphatic hydroxyl groups is 1. The van der Waals surface area contributed by atoms with Crippen molar-refractivity contribution in [2.24, 2.45) is 0 Å². The number of amides is 1. The fourth-order valence-corrected chi connectivity index (χ4v) is 5.29. The van der Waals surface area contributed by atoms with E-state index < -0.39 is 35.0 Å². The van der Waals surface area contributed by atoms with Crippen LogP contribution in [0.4, 0.5) is 13.2 Å². The Morgan fingerprint density at radius 2 is 1.89 bits per heavy atom. The molecule has 2 bridgehead atoms. The van der Waals surface area contributed by atoms with Crippen LogP contribution in [0, 0.1) is 17.5 Å². The van der Waals surface area contributed by atoms with Crippen LogP contribution in [0.15, 0.2) is 30.3 Å². The molecule has 1 heterocycles. The average Bonchev–Trinajstić information content (AvgIpc) is 3.22. The van der Waals surface area contributed by atoms with E-state index in [-0.39, 0.29) is 22.9 Å². The van der Waals surface area contributed by atoms with Crippen molar-refractivity contribution in [2.75, 3.05) is 6.61 Å². The second kappa shape index (κ2) is 9.00. The first-order chi connectivity index (χ1) is 16.7. The highest BCUT2D eigenvalue weighted by Gasteiger charge is 2.54. The lowest BCUT2D eigenvalue weighted by Crippen LogP contribution is -2.69. The number of hydrogen-bond acceptors (Lipinski definition) is 5. The van der Waals surface area contributed by atoms with E-state index in [0.717, 1.165) is 31.0 Å². The number of halogens is 4. The van der Waals surface area contributed by atoms with Crippen LogP contribution in [-0.2, 0) is 11.3 Å². The van der Waals surface area contributed by atoms with Gasteiger partial charge in [0.2, 0.25) is 0 Å². The van der Waals surface area contributed by atoms with Gasteiger partial charge in [-0.3, -0.25) is 4.79 Å². The molecular weight excluding hydrogens is 485 g/mol. The fraction of sp³-hybridized carbons (Fsp3) is 0.417. The zero-order chi connectivity index (χ0) is 24.8. The van der Waals surface area contributed by atoms with Gasteiger partial charge in [-0.1, -0.05) is 11.6 Å². The maximum atomic E-state index is 13.6. The highest BCUT2D eigenvalue weighted by atomic mass is 35.5. The molecule has 35 heavy (non-hydrogen) atoms. The second-order valence-electron chi connectivity index (χ2n) is 9.39. The maximum Gasteiger partial charge on any atom is 0.258 e. The first-order valence-electron chi connectivity index (χ1n) is 11.3. The Balaban J connectivity index is 1.17. The summed E-state index contributed by atoms with van der Waals surface area (Å²) in [4.78, 5) is 19.8. The topological polar surface area (TPSA) is 99.3 Å². The van der Waals surface area contributed by atoms with E-state index in [4.69, 9.17) is 16.3 Å². The molecule has 2 aromatic carbocycles. The Bertz CT molecular complexity index is 1240. The molecule has 1 atom stereocenters. The molecule has 4 N–H and O–H groups in total. The summed E-state index contributed by atoms with van der Waals surface area (Å²) in [7, 11) is 0. The zero-order valence-electron chi connectivity index (χ0n) is 18.6. The Hall–Kier alpha value is -2.82. The van der Waals surface area contributed by atoms with E-state index in [0.29, 0.717) is 42.7 Å². The van der Waals surface area contributed by atoms with Gasteiger partial charge in [0.15, 0.2) is 18.2 Å². The largest absolute Gasteiger partial charge is 0.484 e. The number of hydrogen-bond donors (Lipinski definition) is 4. The number of aliphatic hydroxyl groups excluding tert-OH is 1. The maximum absolute atomic E-state index is 13.6. The summed E-state index contributed by atoms with van der Waals surface area (Å²) in [6, 6.07) is 6.07. The summed E-state index contributed by atoms with van der Waals surface area (Å²) < 4.78 is 45.8. The van der Waals surface area contributed by atoms with Gasteiger partial charge in [0.25, 0.3) is 5.91 Å². The molecule has 0 aliphatic heterocycles. The molecule has 0 spiro atoms. The fourth-order valence-electron chi connectivity index (χ4n) is 5.18. The standard InChI is InChI=1S/C24H24ClF3N4O3/c25-14-2-1-13(7-15(14)26)35-12-22(34)32-24-5-3-23(4-6-24,10-20(24)33)29-11-21-30-18-8-16(27)17(28)9-19(18)31-21/h1-2,7-9,20,29,33H,3-6,10-12H2,(H,30,31)(H,32,34). The summed E-state index contributed by atoms with van der Waals surface area (Å²) in [6.45, 7) is 0.0294. The molecular formula is C24H24ClF3N4O3. The first-order valence-corrected chi connectivity index (χ1v) is 11.7. The number of rotatable bonds is 7. The van der Waals surface area contributed by atoms with Crippen LogP contribution in [0.25, 0.3) is 11.0 Å². The van der Waals surface area contributed by atoms with E-state index in [1.807, 2.05) is 0 Å². The molecule has 0 radical (unpaired) electrons. The lowest BCUT2D eigenvalue weighted by molar-refractivity contribution is -0.132. The van der Waals surface area contributed by atoms with Crippen LogP contribution < -0.4 is 15.4 Å². The molecule has 7 nitrogen and oxygen atoms in total. The molecule has 11 heteroatoms. The van der Waals surface area contributed by atoms with Crippen molar-refractivity contribution in [2.45, 2.75) is 55.8 Å². The molecule has 6 rings (SSSR count). The number of carbonyl (C=O) groups is 1. The Labute approximate surface area is 204 Å². The predicted molar refractivity (Wildman–Crippen MR) is 122 cm³/mol. The third kappa shape index (κ3) is 4.70. The van der Waals surface area contributed by atoms with Crippen LogP contribution in [0.1, 0.15) is 37.9 Å². The number of ether oxygens (including phenoxy) is 1. The molecule has 1 aromatic heterocycles. The predicted octanol–water partition coefficient (Wildman–Crippen LogP) is 3.73. The number of nitrogens with one attached hydrogen (secondary N) is 3. The van der Waals surface area contributed by atoms with E-state index in [9.17, 15) is 23.1 Å². The molecule has 1 unspecified atom stereocenters. The molecule has 3 aromatic rings. The minimum absolute atomic E-state index is 0.0339. The number of fused-ring (bicyclic) bond motifs is 4. The van der Waals surface area contributed by atoms with Crippen LogP contribution in [0.5, 0.6) is 5.75 Å². The van der Waals surface area contributed by atoms with Crippen molar-refractivity contribution in [3.8, 4) is 5.75 Å². The van der Waals surface area contributed by atoms with E-state index in [1.165, 1.54) is 12.1 Å². The van der Waals surface area contributed by atoms with E-state index in [1.54, 1.807) is 0 Å². The number of nitrogens with zero attached hydrogens (tertiary/aromatic N) is 1. The van der Waals surface area contributed by atoms with Gasteiger partial charge >= 0.3 is 0 Å². The average molecular weight is 509 g/mol. The number of aromatic amines is 1. The monoisotopic (exact) mass is 508 g/mol. The van der Waals surface area contributed by atoms with Gasteiger partial charge in [-0.15, -0.1) is 0 Å². The van der Waals surface area contributed by atoms with Crippen LogP contribution in [0.2, 0.25) is 5.02 Å². The zero-order valence-corrected chi connectivity index (χ0v) is 19.4. The van der Waals surface area contributed by atoms with E-state index >= 15 is 0 Å². The molecule has 3 aliphatic rings. The van der Waals surface area contributed by atoms with Gasteiger partial charge in [0.1, 0.15) is 17.4 Å². The second-order valence-corrected chi connectivity index (χ2v) is 9.80. The molecule has 186 valence electrons. The van der Waals surface area contributed by atoms with Crippen molar-refractivity contribution >= 4 is 28.5 Å². The number of aromatic nitrogens is 2. The highest BCUT2D eigenvalue weighted by molar-refractivity contribution is 6.30. The number of H-pyrrole nitrogens is 1. The summed E-state index contributed by atoms with van der Waals surface area (Å²) in [5, 5.41) is 17.3. The van der Waals surface area contributed by atoms with Crippen LogP contribution in [-0.4, -0.2) is 44.8 Å². The van der Waals surface area contributed by atoms with Crippen molar-refractivity contribution < 1.29 is 27.8 Å². The summed E-state index contributed by atoms with van der Waals surface area (Å²) in [5.41, 5.74) is -0.325. The summed E-state index contributed by atoms with van der Waals surface area (Å²) in [6.07, 6.45) is 2.24.